The van der Waals surface area contributed by atoms with Gasteiger partial charge in [0, 0.05) is 11.8 Å². The fraction of sp³-hybridized carbons (Fsp3) is 0.727. The van der Waals surface area contributed by atoms with Crippen molar-refractivity contribution < 1.29 is 4.79 Å². The normalized spacial score (nSPS) is 22.7. The second-order valence-electron chi connectivity index (χ2n) is 5.02. The van der Waals surface area contributed by atoms with Gasteiger partial charge in [0.15, 0.2) is 4.34 Å². The Kier molecular flexibility index (Phi) is 3.29. The van der Waals surface area contributed by atoms with Crippen LogP contribution >= 0.6 is 23.1 Å². The molecule has 0 saturated heterocycles. The van der Waals surface area contributed by atoms with Crippen LogP contribution in [0.25, 0.3) is 0 Å². The number of hydrogen-bond acceptors (Lipinski definition) is 6. The number of thioether (sulfide) groups is 1. The molecule has 1 aromatic heterocycles. The third-order valence-electron chi connectivity index (χ3n) is 3.52. The van der Waals surface area contributed by atoms with Crippen molar-refractivity contribution in [1.29, 1.82) is 0 Å². The summed E-state index contributed by atoms with van der Waals surface area (Å²) in [5.74, 6) is 0.850. The quantitative estimate of drug-likeness (QED) is 0.731. The van der Waals surface area contributed by atoms with Gasteiger partial charge in [-0.2, -0.15) is 0 Å². The van der Waals surface area contributed by atoms with Crippen LogP contribution in [-0.2, 0) is 4.79 Å². The minimum absolute atomic E-state index is 0.214. The molecule has 1 heterocycles. The fourth-order valence-electron chi connectivity index (χ4n) is 2.19. The lowest BCUT2D eigenvalue weighted by Crippen LogP contribution is -2.60. The van der Waals surface area contributed by atoms with Crippen molar-refractivity contribution in [2.45, 2.75) is 41.6 Å². The van der Waals surface area contributed by atoms with Gasteiger partial charge in [0.1, 0.15) is 11.0 Å². The van der Waals surface area contributed by atoms with E-state index in [0.29, 0.717) is 17.7 Å². The number of nitrogens with two attached hydrogens (primary N) is 1. The summed E-state index contributed by atoms with van der Waals surface area (Å²) in [6.45, 7) is 0. The van der Waals surface area contributed by atoms with Crippen molar-refractivity contribution in [2.75, 3.05) is 5.75 Å². The lowest BCUT2D eigenvalue weighted by molar-refractivity contribution is -0.124. The number of carbonyl (C=O) groups is 1. The van der Waals surface area contributed by atoms with Crippen molar-refractivity contribution in [3.8, 4) is 0 Å². The van der Waals surface area contributed by atoms with Crippen LogP contribution in [0, 0.1) is 5.92 Å². The molecule has 2 fully saturated rings. The van der Waals surface area contributed by atoms with Crippen molar-refractivity contribution in [3.63, 3.8) is 0 Å². The molecule has 0 aromatic carbocycles. The Morgan fingerprint density at radius 2 is 2.33 bits per heavy atom. The third-order valence-corrected chi connectivity index (χ3v) is 5.57. The zero-order valence-electron chi connectivity index (χ0n) is 9.96. The van der Waals surface area contributed by atoms with Crippen LogP contribution in [0.15, 0.2) is 9.85 Å². The highest BCUT2D eigenvalue weighted by atomic mass is 32.2. The molecule has 0 aliphatic heterocycles. The molecule has 3 rings (SSSR count). The fourth-order valence-corrected chi connectivity index (χ4v) is 3.96. The predicted octanol–water partition coefficient (Wildman–Crippen LogP) is 1.02. The Morgan fingerprint density at radius 3 is 2.83 bits per heavy atom. The van der Waals surface area contributed by atoms with E-state index in [-0.39, 0.29) is 5.91 Å². The first-order valence-corrected chi connectivity index (χ1v) is 8.04. The van der Waals surface area contributed by atoms with Gasteiger partial charge in [0.05, 0.1) is 0 Å². The summed E-state index contributed by atoms with van der Waals surface area (Å²) < 4.78 is 0.902. The molecule has 3 N–H and O–H groups in total. The van der Waals surface area contributed by atoms with E-state index < -0.39 is 5.54 Å². The smallest absolute Gasteiger partial charge is 0.238 e. The van der Waals surface area contributed by atoms with Gasteiger partial charge < -0.3 is 5.73 Å². The predicted molar refractivity (Wildman–Crippen MR) is 71.4 cm³/mol. The Balaban J connectivity index is 1.72. The van der Waals surface area contributed by atoms with Crippen molar-refractivity contribution in [3.05, 3.63) is 5.51 Å². The Labute approximate surface area is 114 Å². The van der Waals surface area contributed by atoms with Crippen molar-refractivity contribution in [1.82, 2.24) is 15.5 Å². The molecular weight excluding hydrogens is 268 g/mol. The molecule has 1 amide bonds. The molecule has 5 nitrogen and oxygen atoms in total. The van der Waals surface area contributed by atoms with Gasteiger partial charge in [-0.1, -0.05) is 23.1 Å². The van der Waals surface area contributed by atoms with Gasteiger partial charge in [-0.05, 0) is 31.6 Å². The van der Waals surface area contributed by atoms with Crippen LogP contribution in [-0.4, -0.2) is 33.4 Å². The van der Waals surface area contributed by atoms with E-state index in [1.807, 2.05) is 0 Å². The zero-order chi connectivity index (χ0) is 12.6. The lowest BCUT2D eigenvalue weighted by Gasteiger charge is -2.31. The van der Waals surface area contributed by atoms with E-state index in [2.05, 4.69) is 15.5 Å². The molecule has 98 valence electrons. The maximum atomic E-state index is 11.9. The van der Waals surface area contributed by atoms with Gasteiger partial charge in [0.25, 0.3) is 0 Å². The summed E-state index contributed by atoms with van der Waals surface area (Å²) in [5, 5.41) is 11.3. The number of amides is 1. The molecule has 2 saturated carbocycles. The maximum Gasteiger partial charge on any atom is 0.238 e. The van der Waals surface area contributed by atoms with E-state index in [0.717, 1.165) is 30.0 Å². The maximum absolute atomic E-state index is 11.9. The minimum Gasteiger partial charge on any atom is -0.368 e. The Morgan fingerprint density at radius 1 is 1.56 bits per heavy atom. The molecule has 1 unspecified atom stereocenters. The minimum atomic E-state index is -0.544. The summed E-state index contributed by atoms with van der Waals surface area (Å²) in [7, 11) is 0. The van der Waals surface area contributed by atoms with E-state index in [1.54, 1.807) is 17.3 Å². The highest BCUT2D eigenvalue weighted by molar-refractivity contribution is 8.01. The third kappa shape index (κ3) is 2.53. The summed E-state index contributed by atoms with van der Waals surface area (Å²) in [6.07, 6.45) is 4.51. The molecule has 1 aromatic rings. The van der Waals surface area contributed by atoms with Gasteiger partial charge in [-0.25, -0.2) is 0 Å². The second-order valence-corrected chi connectivity index (χ2v) is 7.08. The highest BCUT2D eigenvalue weighted by Gasteiger charge is 2.51. The van der Waals surface area contributed by atoms with E-state index in [1.165, 1.54) is 11.3 Å². The molecule has 7 heteroatoms. The molecule has 1 atom stereocenters. The van der Waals surface area contributed by atoms with E-state index >= 15 is 0 Å². The lowest BCUT2D eigenvalue weighted by atomic mass is 9.94. The number of aromatic nitrogens is 2. The van der Waals surface area contributed by atoms with Crippen LogP contribution in [0.4, 0.5) is 0 Å². The highest BCUT2D eigenvalue weighted by Crippen LogP contribution is 2.44. The van der Waals surface area contributed by atoms with Crippen LogP contribution in [0.5, 0.6) is 0 Å². The SMILES string of the molecule is NC(=O)C(CSc1nncs1)(NC1CC1)C1CC1. The number of nitrogens with zero attached hydrogens (tertiary/aromatic N) is 2. The largest absolute Gasteiger partial charge is 0.368 e. The molecule has 2 aliphatic rings. The van der Waals surface area contributed by atoms with Crippen LogP contribution in [0.3, 0.4) is 0 Å². The Bertz CT molecular complexity index is 430. The molecule has 2 aliphatic carbocycles. The first-order chi connectivity index (χ1) is 8.71. The van der Waals surface area contributed by atoms with Crippen LogP contribution < -0.4 is 11.1 Å². The summed E-state index contributed by atoms with van der Waals surface area (Å²) in [4.78, 5) is 11.9. The average Bonchev–Trinajstić information content (AvgIpc) is 3.25. The molecule has 18 heavy (non-hydrogen) atoms. The molecule has 0 spiro atoms. The summed E-state index contributed by atoms with van der Waals surface area (Å²) >= 11 is 3.08. The van der Waals surface area contributed by atoms with Crippen LogP contribution in [0.1, 0.15) is 25.7 Å². The standard InChI is InChI=1S/C11H16N4OS2/c12-9(16)11(7-1-2-7,14-8-3-4-8)5-17-10-15-13-6-18-10/h6-8,14H,1-5H2,(H2,12,16). The van der Waals surface area contributed by atoms with E-state index in [4.69, 9.17) is 5.73 Å². The van der Waals surface area contributed by atoms with Crippen molar-refractivity contribution in [2.24, 2.45) is 11.7 Å². The van der Waals surface area contributed by atoms with Crippen LogP contribution in [0.2, 0.25) is 0 Å². The van der Waals surface area contributed by atoms with Gasteiger partial charge in [-0.15, -0.1) is 10.2 Å². The first kappa shape index (κ1) is 12.4. The van der Waals surface area contributed by atoms with Gasteiger partial charge >= 0.3 is 0 Å². The number of carbonyl (C=O) groups excluding carboxylic acids is 1. The number of nitrogens with one attached hydrogen (secondary N) is 1. The summed E-state index contributed by atoms with van der Waals surface area (Å²) in [5.41, 5.74) is 6.84. The molecule has 0 radical (unpaired) electrons. The number of rotatable bonds is 7. The van der Waals surface area contributed by atoms with Gasteiger partial charge in [-0.3, -0.25) is 10.1 Å². The average molecular weight is 284 g/mol. The Hall–Kier alpha value is -0.660. The second kappa shape index (κ2) is 4.79. The van der Waals surface area contributed by atoms with Gasteiger partial charge in [0.2, 0.25) is 5.91 Å². The number of primary amides is 1. The van der Waals surface area contributed by atoms with E-state index in [9.17, 15) is 4.79 Å². The first-order valence-electron chi connectivity index (χ1n) is 6.17. The molecule has 0 bridgehead atoms. The number of hydrogen-bond donors (Lipinski definition) is 2. The summed E-state index contributed by atoms with van der Waals surface area (Å²) in [6, 6.07) is 0.480. The monoisotopic (exact) mass is 284 g/mol. The van der Waals surface area contributed by atoms with Crippen molar-refractivity contribution >= 4 is 29.0 Å². The molecular formula is C11H16N4OS2. The topological polar surface area (TPSA) is 80.9 Å². The zero-order valence-corrected chi connectivity index (χ0v) is 11.6.